The van der Waals surface area contributed by atoms with Gasteiger partial charge in [0.1, 0.15) is 5.60 Å². The van der Waals surface area contributed by atoms with E-state index in [-0.39, 0.29) is 0 Å². The Morgan fingerprint density at radius 3 is 2.85 bits per heavy atom. The van der Waals surface area contributed by atoms with Crippen LogP contribution < -0.4 is 5.32 Å². The van der Waals surface area contributed by atoms with Crippen molar-refractivity contribution in [3.63, 3.8) is 0 Å². The first-order chi connectivity index (χ1) is 9.65. The number of hydrogen-bond donors (Lipinski definition) is 2. The van der Waals surface area contributed by atoms with Crippen LogP contribution in [0.4, 0.5) is 0 Å². The van der Waals surface area contributed by atoms with Gasteiger partial charge < -0.3 is 10.4 Å². The summed E-state index contributed by atoms with van der Waals surface area (Å²) in [5, 5.41) is 15.1. The average molecular weight is 306 g/mol. The number of aliphatic hydroxyl groups is 1. The van der Waals surface area contributed by atoms with Gasteiger partial charge in [-0.15, -0.1) is 11.8 Å². The monoisotopic (exact) mass is 305 g/mol. The summed E-state index contributed by atoms with van der Waals surface area (Å²) in [6.45, 7) is 0.456. The molecule has 0 spiro atoms. The van der Waals surface area contributed by atoms with Gasteiger partial charge in [0.05, 0.1) is 0 Å². The normalized spacial score (nSPS) is 20.9. The maximum absolute atomic E-state index is 11.3. The molecular formula is C16H16ClNOS. The van der Waals surface area contributed by atoms with E-state index in [1.807, 2.05) is 43.4 Å². The van der Waals surface area contributed by atoms with Crippen LogP contribution in [0.3, 0.4) is 0 Å². The van der Waals surface area contributed by atoms with Gasteiger partial charge in [0.15, 0.2) is 0 Å². The minimum atomic E-state index is -1.05. The van der Waals surface area contributed by atoms with Gasteiger partial charge in [0.2, 0.25) is 0 Å². The van der Waals surface area contributed by atoms with Crippen LogP contribution in [0.2, 0.25) is 5.02 Å². The second kappa shape index (κ2) is 5.41. The molecule has 0 aliphatic carbocycles. The summed E-state index contributed by atoms with van der Waals surface area (Å²) in [5.74, 6) is 0.843. The number of nitrogens with one attached hydrogen (secondary N) is 1. The zero-order chi connectivity index (χ0) is 14.2. The van der Waals surface area contributed by atoms with Gasteiger partial charge in [-0.1, -0.05) is 35.9 Å². The Hall–Kier alpha value is -1.00. The molecule has 1 atom stereocenters. The van der Waals surface area contributed by atoms with Crippen LogP contribution in [0.1, 0.15) is 16.7 Å². The van der Waals surface area contributed by atoms with Crippen LogP contribution in [0.25, 0.3) is 0 Å². The molecule has 2 aromatic rings. The Balaban J connectivity index is 2.27. The molecule has 0 radical (unpaired) electrons. The lowest BCUT2D eigenvalue weighted by molar-refractivity contribution is 0.0793. The molecule has 0 amide bonds. The molecule has 0 saturated carbocycles. The minimum Gasteiger partial charge on any atom is -0.379 e. The summed E-state index contributed by atoms with van der Waals surface area (Å²) < 4.78 is 0. The van der Waals surface area contributed by atoms with Crippen LogP contribution in [0, 0.1) is 0 Å². The van der Waals surface area contributed by atoms with E-state index in [0.29, 0.717) is 11.6 Å². The number of rotatable bonds is 2. The van der Waals surface area contributed by atoms with E-state index in [4.69, 9.17) is 11.6 Å². The molecule has 0 saturated heterocycles. The first-order valence-electron chi connectivity index (χ1n) is 6.53. The summed E-state index contributed by atoms with van der Waals surface area (Å²) in [7, 11) is 1.85. The molecule has 2 aromatic carbocycles. The van der Waals surface area contributed by atoms with Crippen LogP contribution in [0.5, 0.6) is 0 Å². The van der Waals surface area contributed by atoms with Crippen molar-refractivity contribution in [3.05, 3.63) is 64.2 Å². The van der Waals surface area contributed by atoms with E-state index in [2.05, 4.69) is 11.4 Å². The van der Waals surface area contributed by atoms with Gasteiger partial charge in [-0.05, 0) is 36.4 Å². The van der Waals surface area contributed by atoms with Gasteiger partial charge >= 0.3 is 0 Å². The second-order valence-corrected chi connectivity index (χ2v) is 6.43. The predicted octanol–water partition coefficient (Wildman–Crippen LogP) is 3.40. The van der Waals surface area contributed by atoms with E-state index >= 15 is 0 Å². The van der Waals surface area contributed by atoms with E-state index in [0.717, 1.165) is 27.3 Å². The number of benzene rings is 2. The molecule has 1 aliphatic heterocycles. The summed E-state index contributed by atoms with van der Waals surface area (Å²) in [6.07, 6.45) is 0. The number of thioether (sulfide) groups is 1. The Labute approximate surface area is 128 Å². The summed E-state index contributed by atoms with van der Waals surface area (Å²) in [5.41, 5.74) is 1.93. The van der Waals surface area contributed by atoms with Crippen LogP contribution in [-0.2, 0) is 11.4 Å². The fourth-order valence-electron chi connectivity index (χ4n) is 2.74. The van der Waals surface area contributed by atoms with Crippen molar-refractivity contribution in [2.24, 2.45) is 0 Å². The van der Waals surface area contributed by atoms with Crippen molar-refractivity contribution in [1.29, 1.82) is 0 Å². The highest BCUT2D eigenvalue weighted by atomic mass is 35.5. The Bertz CT molecular complexity index is 646. The van der Waals surface area contributed by atoms with Crippen LogP contribution in [0.15, 0.2) is 47.4 Å². The van der Waals surface area contributed by atoms with E-state index < -0.39 is 5.60 Å². The Morgan fingerprint density at radius 1 is 1.25 bits per heavy atom. The molecule has 1 aliphatic rings. The standard InChI is InChI=1S/C16H16ClNOS/c1-18-10-16(19)13-4-2-3-5-15(13)20-9-11-6-7-12(17)8-14(11)16/h2-8,18-19H,9-10H2,1H3. The molecule has 2 N–H and O–H groups in total. The van der Waals surface area contributed by atoms with E-state index in [9.17, 15) is 5.11 Å². The van der Waals surface area contributed by atoms with Gasteiger partial charge in [-0.2, -0.15) is 0 Å². The zero-order valence-corrected chi connectivity index (χ0v) is 12.8. The highest BCUT2D eigenvalue weighted by Gasteiger charge is 2.37. The van der Waals surface area contributed by atoms with Crippen molar-refractivity contribution in [1.82, 2.24) is 5.32 Å². The fraction of sp³-hybridized carbons (Fsp3) is 0.250. The molecule has 2 nitrogen and oxygen atoms in total. The number of halogens is 1. The van der Waals surface area contributed by atoms with Gasteiger partial charge in [0, 0.05) is 27.8 Å². The predicted molar refractivity (Wildman–Crippen MR) is 84.4 cm³/mol. The smallest absolute Gasteiger partial charge is 0.128 e. The Kier molecular flexibility index (Phi) is 3.78. The highest BCUT2D eigenvalue weighted by Crippen LogP contribution is 2.43. The minimum absolute atomic E-state index is 0.456. The highest BCUT2D eigenvalue weighted by molar-refractivity contribution is 7.98. The SMILES string of the molecule is CNCC1(O)c2cc(Cl)ccc2CSc2ccccc21. The largest absolute Gasteiger partial charge is 0.379 e. The molecule has 0 aromatic heterocycles. The number of fused-ring (bicyclic) bond motifs is 2. The lowest BCUT2D eigenvalue weighted by Gasteiger charge is -2.30. The van der Waals surface area contributed by atoms with Crippen molar-refractivity contribution >= 4 is 23.4 Å². The second-order valence-electron chi connectivity index (χ2n) is 4.98. The van der Waals surface area contributed by atoms with Crippen LogP contribution in [-0.4, -0.2) is 18.7 Å². The molecule has 0 fully saturated rings. The molecule has 4 heteroatoms. The number of likely N-dealkylation sites (N-methyl/N-ethyl adjacent to an activating group) is 1. The quantitative estimate of drug-likeness (QED) is 0.892. The van der Waals surface area contributed by atoms with Gasteiger partial charge in [-0.25, -0.2) is 0 Å². The van der Waals surface area contributed by atoms with Gasteiger partial charge in [0.25, 0.3) is 0 Å². The first kappa shape index (κ1) is 14.0. The third-order valence-corrected chi connectivity index (χ3v) is 5.02. The van der Waals surface area contributed by atoms with Crippen molar-refractivity contribution in [3.8, 4) is 0 Å². The van der Waals surface area contributed by atoms with E-state index in [1.165, 1.54) is 0 Å². The molecular weight excluding hydrogens is 290 g/mol. The van der Waals surface area contributed by atoms with Crippen molar-refractivity contribution in [2.45, 2.75) is 16.2 Å². The van der Waals surface area contributed by atoms with Crippen LogP contribution >= 0.6 is 23.4 Å². The van der Waals surface area contributed by atoms with Gasteiger partial charge in [-0.3, -0.25) is 0 Å². The summed E-state index contributed by atoms with van der Waals surface area (Å²) >= 11 is 7.90. The average Bonchev–Trinajstić information content (AvgIpc) is 2.57. The molecule has 20 heavy (non-hydrogen) atoms. The molecule has 3 rings (SSSR count). The lowest BCUT2D eigenvalue weighted by atomic mass is 9.84. The summed E-state index contributed by atoms with van der Waals surface area (Å²) in [6, 6.07) is 13.8. The molecule has 1 heterocycles. The maximum atomic E-state index is 11.3. The third kappa shape index (κ3) is 2.25. The van der Waals surface area contributed by atoms with Crippen molar-refractivity contribution in [2.75, 3.05) is 13.6 Å². The van der Waals surface area contributed by atoms with E-state index in [1.54, 1.807) is 11.8 Å². The maximum Gasteiger partial charge on any atom is 0.128 e. The first-order valence-corrected chi connectivity index (χ1v) is 7.89. The Morgan fingerprint density at radius 2 is 2.05 bits per heavy atom. The fourth-order valence-corrected chi connectivity index (χ4v) is 4.04. The molecule has 1 unspecified atom stereocenters. The van der Waals surface area contributed by atoms with Crippen molar-refractivity contribution < 1.29 is 5.11 Å². The molecule has 0 bridgehead atoms. The zero-order valence-electron chi connectivity index (χ0n) is 11.2. The molecule has 104 valence electrons. The third-order valence-electron chi connectivity index (χ3n) is 3.67. The topological polar surface area (TPSA) is 32.3 Å². The number of hydrogen-bond acceptors (Lipinski definition) is 3. The lowest BCUT2D eigenvalue weighted by Crippen LogP contribution is -2.38. The summed E-state index contributed by atoms with van der Waals surface area (Å²) in [4.78, 5) is 1.12.